The van der Waals surface area contributed by atoms with E-state index in [1.807, 2.05) is 0 Å². The average molecular weight is 257 g/mol. The van der Waals surface area contributed by atoms with Gasteiger partial charge in [-0.25, -0.2) is 0 Å². The van der Waals surface area contributed by atoms with Gasteiger partial charge in [-0.15, -0.1) is 0 Å². The topological polar surface area (TPSA) is 40.5 Å². The van der Waals surface area contributed by atoms with Crippen LogP contribution in [0.1, 0.15) is 36.5 Å². The largest absolute Gasteiger partial charge is 0.507 e. The Morgan fingerprint density at radius 2 is 2.05 bits per heavy atom. The Hall–Kier alpha value is -1.77. The maximum Gasteiger partial charge on any atom is 0.145 e. The minimum atomic E-state index is 0.367. The van der Waals surface area contributed by atoms with E-state index in [2.05, 4.69) is 11.0 Å². The number of phenolic OH excluding ortho intramolecular Hbond substituents is 1. The fraction of sp³-hybridized carbons (Fsp3) is 0.438. The predicted octanol–water partition coefficient (Wildman–Crippen LogP) is 2.69. The lowest BCUT2D eigenvalue weighted by atomic mass is 9.89. The van der Waals surface area contributed by atoms with Crippen LogP contribution in [0.15, 0.2) is 11.6 Å². The molecule has 3 heteroatoms. The van der Waals surface area contributed by atoms with Crippen molar-refractivity contribution in [3.05, 3.63) is 28.3 Å². The number of aldehydes is 1. The Labute approximate surface area is 113 Å². The van der Waals surface area contributed by atoms with Crippen molar-refractivity contribution >= 4 is 18.0 Å². The highest BCUT2D eigenvalue weighted by Crippen LogP contribution is 2.42. The lowest BCUT2D eigenvalue weighted by molar-refractivity contribution is -0.104. The van der Waals surface area contributed by atoms with Crippen LogP contribution in [-0.4, -0.2) is 24.5 Å². The zero-order chi connectivity index (χ0) is 13.4. The summed E-state index contributed by atoms with van der Waals surface area (Å²) in [6.45, 7) is 3.97. The van der Waals surface area contributed by atoms with Crippen molar-refractivity contribution in [3.8, 4) is 5.75 Å². The van der Waals surface area contributed by atoms with E-state index in [4.69, 9.17) is 0 Å². The molecule has 2 aliphatic rings. The molecule has 0 bridgehead atoms. The Bertz CT molecular complexity index is 558. The van der Waals surface area contributed by atoms with Crippen LogP contribution in [0.4, 0.5) is 5.69 Å². The highest BCUT2D eigenvalue weighted by molar-refractivity contribution is 5.83. The van der Waals surface area contributed by atoms with E-state index >= 15 is 0 Å². The van der Waals surface area contributed by atoms with Crippen molar-refractivity contribution in [2.24, 2.45) is 0 Å². The van der Waals surface area contributed by atoms with Crippen LogP contribution in [0.5, 0.6) is 5.75 Å². The van der Waals surface area contributed by atoms with Gasteiger partial charge in [0, 0.05) is 29.9 Å². The Balaban J connectivity index is 2.17. The summed E-state index contributed by atoms with van der Waals surface area (Å²) in [5.74, 6) is 0.367. The van der Waals surface area contributed by atoms with Gasteiger partial charge in [0.05, 0.1) is 0 Å². The van der Waals surface area contributed by atoms with Crippen molar-refractivity contribution in [1.29, 1.82) is 0 Å². The number of carbonyl (C=O) groups excluding carboxylic acids is 1. The minimum absolute atomic E-state index is 0.367. The lowest BCUT2D eigenvalue weighted by Gasteiger charge is -2.37. The molecular formula is C16H19NO2. The Morgan fingerprint density at radius 1 is 1.32 bits per heavy atom. The summed E-state index contributed by atoms with van der Waals surface area (Å²) < 4.78 is 0. The molecule has 1 aromatic carbocycles. The van der Waals surface area contributed by atoms with Crippen LogP contribution in [-0.2, 0) is 17.6 Å². The zero-order valence-corrected chi connectivity index (χ0v) is 11.3. The van der Waals surface area contributed by atoms with Crippen molar-refractivity contribution in [3.63, 3.8) is 0 Å². The molecule has 2 heterocycles. The second-order valence-corrected chi connectivity index (χ2v) is 5.50. The number of aromatic hydroxyl groups is 1. The van der Waals surface area contributed by atoms with Gasteiger partial charge in [-0.3, -0.25) is 4.79 Å². The molecular weight excluding hydrogens is 238 g/mol. The van der Waals surface area contributed by atoms with Gasteiger partial charge >= 0.3 is 0 Å². The average Bonchev–Trinajstić information content (AvgIpc) is 2.44. The first-order valence-corrected chi connectivity index (χ1v) is 6.97. The van der Waals surface area contributed by atoms with Gasteiger partial charge in [-0.05, 0) is 55.9 Å². The number of benzene rings is 1. The van der Waals surface area contributed by atoms with Crippen LogP contribution in [0, 0.1) is 0 Å². The summed E-state index contributed by atoms with van der Waals surface area (Å²) in [5.41, 5.74) is 5.10. The molecule has 0 aromatic heterocycles. The predicted molar refractivity (Wildman–Crippen MR) is 76.7 cm³/mol. The standard InChI is InChI=1S/C16H19NO2/c1-11(10-18)8-13-9-12-4-2-6-17-7-3-5-14(15(12)17)16(13)19/h8-10,19H,2-7H2,1H3/b11-8+. The fourth-order valence-electron chi connectivity index (χ4n) is 3.26. The first kappa shape index (κ1) is 12.3. The van der Waals surface area contributed by atoms with Gasteiger partial charge in [0.25, 0.3) is 0 Å². The molecule has 3 rings (SSSR count). The second kappa shape index (κ2) is 4.72. The maximum absolute atomic E-state index is 10.8. The van der Waals surface area contributed by atoms with Gasteiger partial charge in [-0.1, -0.05) is 0 Å². The van der Waals surface area contributed by atoms with Gasteiger partial charge in [0.1, 0.15) is 12.0 Å². The Morgan fingerprint density at radius 3 is 2.79 bits per heavy atom. The number of phenols is 1. The molecule has 0 radical (unpaired) electrons. The van der Waals surface area contributed by atoms with Crippen LogP contribution in [0.3, 0.4) is 0 Å². The fourth-order valence-corrected chi connectivity index (χ4v) is 3.26. The van der Waals surface area contributed by atoms with Crippen molar-refractivity contribution in [2.75, 3.05) is 18.0 Å². The van der Waals surface area contributed by atoms with E-state index in [1.54, 1.807) is 13.0 Å². The highest BCUT2D eigenvalue weighted by Gasteiger charge is 2.27. The third kappa shape index (κ3) is 2.03. The lowest BCUT2D eigenvalue weighted by Crippen LogP contribution is -2.34. The van der Waals surface area contributed by atoms with Gasteiger partial charge in [0.15, 0.2) is 0 Å². The van der Waals surface area contributed by atoms with Crippen molar-refractivity contribution in [1.82, 2.24) is 0 Å². The number of hydrogen-bond acceptors (Lipinski definition) is 3. The third-order valence-electron chi connectivity index (χ3n) is 4.09. The molecule has 1 N–H and O–H groups in total. The molecule has 2 aliphatic heterocycles. The molecule has 1 aromatic rings. The summed E-state index contributed by atoms with van der Waals surface area (Å²) in [6, 6.07) is 2.05. The SMILES string of the molecule is C/C(C=O)=C\c1cc2c3c(c1O)CCCN3CCC2. The minimum Gasteiger partial charge on any atom is -0.507 e. The summed E-state index contributed by atoms with van der Waals surface area (Å²) in [4.78, 5) is 13.2. The van der Waals surface area contributed by atoms with Crippen LogP contribution >= 0.6 is 0 Å². The van der Waals surface area contributed by atoms with Gasteiger partial charge in [0.2, 0.25) is 0 Å². The van der Waals surface area contributed by atoms with Crippen molar-refractivity contribution < 1.29 is 9.90 Å². The summed E-state index contributed by atoms with van der Waals surface area (Å²) in [6.07, 6.45) is 6.89. The van der Waals surface area contributed by atoms with E-state index in [-0.39, 0.29) is 0 Å². The maximum atomic E-state index is 10.8. The van der Waals surface area contributed by atoms with Crippen LogP contribution in [0.2, 0.25) is 0 Å². The first-order valence-electron chi connectivity index (χ1n) is 6.97. The number of anilines is 1. The zero-order valence-electron chi connectivity index (χ0n) is 11.3. The molecule has 19 heavy (non-hydrogen) atoms. The van der Waals surface area contributed by atoms with E-state index < -0.39 is 0 Å². The van der Waals surface area contributed by atoms with E-state index in [0.29, 0.717) is 11.3 Å². The molecule has 0 saturated heterocycles. The second-order valence-electron chi connectivity index (χ2n) is 5.50. The third-order valence-corrected chi connectivity index (χ3v) is 4.09. The number of hydrogen-bond donors (Lipinski definition) is 1. The molecule has 0 fully saturated rings. The molecule has 3 nitrogen and oxygen atoms in total. The normalized spacial score (nSPS) is 18.2. The molecule has 0 amide bonds. The molecule has 0 unspecified atom stereocenters. The Kier molecular flexibility index (Phi) is 3.05. The highest BCUT2D eigenvalue weighted by atomic mass is 16.3. The van der Waals surface area contributed by atoms with E-state index in [1.165, 1.54) is 17.7 Å². The smallest absolute Gasteiger partial charge is 0.145 e. The molecule has 100 valence electrons. The number of rotatable bonds is 2. The number of nitrogens with zero attached hydrogens (tertiary/aromatic N) is 1. The van der Waals surface area contributed by atoms with E-state index in [0.717, 1.165) is 49.8 Å². The first-order chi connectivity index (χ1) is 9.20. The number of allylic oxidation sites excluding steroid dienone is 1. The summed E-state index contributed by atoms with van der Waals surface area (Å²) in [7, 11) is 0. The molecule has 0 spiro atoms. The summed E-state index contributed by atoms with van der Waals surface area (Å²) >= 11 is 0. The van der Waals surface area contributed by atoms with Gasteiger partial charge in [-0.2, -0.15) is 0 Å². The number of aryl methyl sites for hydroxylation is 1. The number of carbonyl (C=O) groups is 1. The van der Waals surface area contributed by atoms with Gasteiger partial charge < -0.3 is 10.0 Å². The molecule has 0 atom stereocenters. The van der Waals surface area contributed by atoms with Crippen molar-refractivity contribution in [2.45, 2.75) is 32.6 Å². The van der Waals surface area contributed by atoms with Crippen LogP contribution < -0.4 is 4.90 Å². The molecule has 0 aliphatic carbocycles. The van der Waals surface area contributed by atoms with E-state index in [9.17, 15) is 9.90 Å². The summed E-state index contributed by atoms with van der Waals surface area (Å²) in [5, 5.41) is 10.5. The quantitative estimate of drug-likeness (QED) is 0.654. The van der Waals surface area contributed by atoms with Crippen LogP contribution in [0.25, 0.3) is 6.08 Å². The monoisotopic (exact) mass is 257 g/mol. The molecule has 0 saturated carbocycles.